The van der Waals surface area contributed by atoms with E-state index in [1.165, 1.54) is 16.3 Å². The van der Waals surface area contributed by atoms with Crippen molar-refractivity contribution in [2.24, 2.45) is 5.92 Å². The van der Waals surface area contributed by atoms with Crippen molar-refractivity contribution in [3.05, 3.63) is 42.0 Å². The van der Waals surface area contributed by atoms with Crippen molar-refractivity contribution in [2.75, 3.05) is 26.8 Å². The molecule has 21 heavy (non-hydrogen) atoms. The second-order valence-corrected chi connectivity index (χ2v) is 5.95. The first kappa shape index (κ1) is 14.4. The van der Waals surface area contributed by atoms with E-state index in [9.17, 15) is 5.11 Å². The molecule has 112 valence electrons. The van der Waals surface area contributed by atoms with Crippen LogP contribution in [0.3, 0.4) is 0 Å². The van der Waals surface area contributed by atoms with Gasteiger partial charge in [-0.05, 0) is 66.4 Å². The Bertz CT molecular complexity index is 603. The minimum absolute atomic E-state index is 0.339. The van der Waals surface area contributed by atoms with Crippen LogP contribution >= 0.6 is 0 Å². The lowest BCUT2D eigenvalue weighted by atomic mass is 9.97. The molecule has 0 radical (unpaired) electrons. The van der Waals surface area contributed by atoms with Gasteiger partial charge in [0.2, 0.25) is 0 Å². The Morgan fingerprint density at radius 1 is 1.10 bits per heavy atom. The molecule has 2 aromatic carbocycles. The molecule has 0 saturated carbocycles. The van der Waals surface area contributed by atoms with Gasteiger partial charge in [-0.3, -0.25) is 4.90 Å². The summed E-state index contributed by atoms with van der Waals surface area (Å²) in [5, 5.41) is 11.7. The number of rotatable bonds is 4. The highest BCUT2D eigenvalue weighted by Gasteiger charge is 2.18. The Morgan fingerprint density at radius 3 is 2.52 bits per heavy atom. The molecule has 0 unspecified atom stereocenters. The van der Waals surface area contributed by atoms with Gasteiger partial charge < -0.3 is 9.84 Å². The van der Waals surface area contributed by atoms with Crippen molar-refractivity contribution in [3.8, 4) is 5.75 Å². The monoisotopic (exact) mass is 285 g/mol. The third kappa shape index (κ3) is 3.36. The predicted molar refractivity (Wildman–Crippen MR) is 85.6 cm³/mol. The number of hydrogen-bond donors (Lipinski definition) is 1. The second kappa shape index (κ2) is 6.46. The molecule has 1 heterocycles. The highest BCUT2D eigenvalue weighted by atomic mass is 16.5. The van der Waals surface area contributed by atoms with Crippen molar-refractivity contribution in [1.82, 2.24) is 4.90 Å². The molecule has 2 aromatic rings. The Kier molecular flexibility index (Phi) is 4.42. The number of benzene rings is 2. The van der Waals surface area contributed by atoms with E-state index in [1.807, 2.05) is 6.07 Å². The minimum Gasteiger partial charge on any atom is -0.497 e. The van der Waals surface area contributed by atoms with Gasteiger partial charge in [0.25, 0.3) is 0 Å². The Morgan fingerprint density at radius 2 is 1.81 bits per heavy atom. The van der Waals surface area contributed by atoms with Gasteiger partial charge in [0, 0.05) is 13.2 Å². The van der Waals surface area contributed by atoms with Crippen LogP contribution in [0, 0.1) is 5.92 Å². The first-order valence-electron chi connectivity index (χ1n) is 7.68. The van der Waals surface area contributed by atoms with Crippen LogP contribution in [0.2, 0.25) is 0 Å². The first-order chi connectivity index (χ1) is 10.3. The molecule has 0 amide bonds. The summed E-state index contributed by atoms with van der Waals surface area (Å²) >= 11 is 0. The summed E-state index contributed by atoms with van der Waals surface area (Å²) in [6.07, 6.45) is 2.22. The number of likely N-dealkylation sites (tertiary alicyclic amines) is 1. The molecular weight excluding hydrogens is 262 g/mol. The van der Waals surface area contributed by atoms with Gasteiger partial charge in [-0.15, -0.1) is 0 Å². The van der Waals surface area contributed by atoms with Crippen molar-refractivity contribution in [1.29, 1.82) is 0 Å². The number of aliphatic hydroxyl groups excluding tert-OH is 1. The molecule has 0 aliphatic carbocycles. The molecule has 0 atom stereocenters. The molecular formula is C18H23NO2. The largest absolute Gasteiger partial charge is 0.497 e. The molecule has 3 heteroatoms. The molecule has 0 bridgehead atoms. The fourth-order valence-electron chi connectivity index (χ4n) is 3.08. The van der Waals surface area contributed by atoms with Gasteiger partial charge in [0.15, 0.2) is 0 Å². The van der Waals surface area contributed by atoms with Crippen molar-refractivity contribution >= 4 is 10.8 Å². The van der Waals surface area contributed by atoms with Crippen molar-refractivity contribution in [2.45, 2.75) is 19.4 Å². The maximum atomic E-state index is 9.20. The fraction of sp³-hybridized carbons (Fsp3) is 0.444. The third-order valence-electron chi connectivity index (χ3n) is 4.48. The predicted octanol–water partition coefficient (Wildman–Crippen LogP) is 3.05. The van der Waals surface area contributed by atoms with Gasteiger partial charge in [-0.25, -0.2) is 0 Å². The summed E-state index contributed by atoms with van der Waals surface area (Å²) in [6.45, 7) is 3.52. The van der Waals surface area contributed by atoms with E-state index >= 15 is 0 Å². The zero-order valence-corrected chi connectivity index (χ0v) is 12.6. The lowest BCUT2D eigenvalue weighted by molar-refractivity contribution is 0.127. The van der Waals surface area contributed by atoms with Gasteiger partial charge in [-0.2, -0.15) is 0 Å². The zero-order valence-electron chi connectivity index (χ0n) is 12.6. The second-order valence-electron chi connectivity index (χ2n) is 5.95. The molecule has 1 fully saturated rings. The van der Waals surface area contributed by atoms with E-state index in [0.29, 0.717) is 12.5 Å². The van der Waals surface area contributed by atoms with Crippen LogP contribution in [0.1, 0.15) is 18.4 Å². The minimum atomic E-state index is 0.339. The molecule has 1 saturated heterocycles. The van der Waals surface area contributed by atoms with Crippen LogP contribution in [-0.4, -0.2) is 36.8 Å². The van der Waals surface area contributed by atoms with Crippen LogP contribution in [0.15, 0.2) is 36.4 Å². The normalized spacial score (nSPS) is 17.2. The van der Waals surface area contributed by atoms with Crippen LogP contribution < -0.4 is 4.74 Å². The summed E-state index contributed by atoms with van der Waals surface area (Å²) in [5.41, 5.74) is 1.36. The maximum absolute atomic E-state index is 9.20. The number of piperidine rings is 1. The van der Waals surface area contributed by atoms with Crippen LogP contribution in [0.5, 0.6) is 5.75 Å². The van der Waals surface area contributed by atoms with E-state index in [2.05, 4.69) is 35.2 Å². The van der Waals surface area contributed by atoms with Gasteiger partial charge in [-0.1, -0.05) is 18.2 Å². The molecule has 3 rings (SSSR count). The highest BCUT2D eigenvalue weighted by molar-refractivity contribution is 5.84. The average Bonchev–Trinajstić information content (AvgIpc) is 2.55. The van der Waals surface area contributed by atoms with Crippen molar-refractivity contribution < 1.29 is 9.84 Å². The van der Waals surface area contributed by atoms with E-state index in [1.54, 1.807) is 7.11 Å². The smallest absolute Gasteiger partial charge is 0.119 e. The van der Waals surface area contributed by atoms with Crippen LogP contribution in [-0.2, 0) is 6.54 Å². The number of ether oxygens (including phenoxy) is 1. The number of fused-ring (bicyclic) bond motifs is 1. The van der Waals surface area contributed by atoms with Gasteiger partial charge in [0.1, 0.15) is 5.75 Å². The lowest BCUT2D eigenvalue weighted by Gasteiger charge is -2.31. The summed E-state index contributed by atoms with van der Waals surface area (Å²) in [5.74, 6) is 1.41. The molecule has 1 aliphatic rings. The third-order valence-corrected chi connectivity index (χ3v) is 4.48. The quantitative estimate of drug-likeness (QED) is 0.937. The SMILES string of the molecule is COc1ccc2cc(CN3CCC(CO)CC3)ccc2c1. The highest BCUT2D eigenvalue weighted by Crippen LogP contribution is 2.23. The molecule has 0 aromatic heterocycles. The molecule has 3 nitrogen and oxygen atoms in total. The Balaban J connectivity index is 1.70. The summed E-state index contributed by atoms with van der Waals surface area (Å²) < 4.78 is 5.27. The van der Waals surface area contributed by atoms with Crippen LogP contribution in [0.25, 0.3) is 10.8 Å². The topological polar surface area (TPSA) is 32.7 Å². The summed E-state index contributed by atoms with van der Waals surface area (Å²) in [7, 11) is 1.70. The number of methoxy groups -OCH3 is 1. The molecule has 0 spiro atoms. The first-order valence-corrected chi connectivity index (χ1v) is 7.68. The van der Waals surface area contributed by atoms with Crippen LogP contribution in [0.4, 0.5) is 0 Å². The van der Waals surface area contributed by atoms with Gasteiger partial charge >= 0.3 is 0 Å². The molecule has 1 N–H and O–H groups in total. The van der Waals surface area contributed by atoms with E-state index < -0.39 is 0 Å². The standard InChI is InChI=1S/C18H23NO2/c1-21-18-5-4-16-10-15(2-3-17(16)11-18)12-19-8-6-14(13-20)7-9-19/h2-5,10-11,14,20H,6-9,12-13H2,1H3. The van der Waals surface area contributed by atoms with Gasteiger partial charge in [0.05, 0.1) is 7.11 Å². The van der Waals surface area contributed by atoms with E-state index in [-0.39, 0.29) is 0 Å². The Hall–Kier alpha value is -1.58. The van der Waals surface area contributed by atoms with E-state index in [4.69, 9.17) is 4.74 Å². The number of aliphatic hydroxyl groups is 1. The fourth-order valence-corrected chi connectivity index (χ4v) is 3.08. The molecule has 1 aliphatic heterocycles. The number of hydrogen-bond acceptors (Lipinski definition) is 3. The van der Waals surface area contributed by atoms with E-state index in [0.717, 1.165) is 38.2 Å². The average molecular weight is 285 g/mol. The summed E-state index contributed by atoms with van der Waals surface area (Å²) in [6, 6.07) is 12.9. The van der Waals surface area contributed by atoms with Crippen molar-refractivity contribution in [3.63, 3.8) is 0 Å². The number of nitrogens with zero attached hydrogens (tertiary/aromatic N) is 1. The zero-order chi connectivity index (χ0) is 14.7. The lowest BCUT2D eigenvalue weighted by Crippen LogP contribution is -2.34. The Labute approximate surface area is 126 Å². The maximum Gasteiger partial charge on any atom is 0.119 e. The summed E-state index contributed by atoms with van der Waals surface area (Å²) in [4.78, 5) is 2.48.